The average Bonchev–Trinajstić information content (AvgIpc) is 2.58. The molecule has 2 aromatic rings. The van der Waals surface area contributed by atoms with Gasteiger partial charge in [-0.15, -0.1) is 0 Å². The number of nitrogens with one attached hydrogen (secondary N) is 2. The van der Waals surface area contributed by atoms with Crippen LogP contribution >= 0.6 is 0 Å². The molecule has 0 radical (unpaired) electrons. The second-order valence-corrected chi connectivity index (χ2v) is 5.28. The van der Waals surface area contributed by atoms with Crippen molar-refractivity contribution in [3.05, 3.63) is 59.9 Å². The van der Waals surface area contributed by atoms with Gasteiger partial charge in [0.15, 0.2) is 0 Å². The molecular weight excluding hydrogens is 278 g/mol. The monoisotopic (exact) mass is 297 g/mol. The summed E-state index contributed by atoms with van der Waals surface area (Å²) in [6, 6.07) is 11.9. The quantitative estimate of drug-likeness (QED) is 0.900. The van der Waals surface area contributed by atoms with Gasteiger partial charge in [0.2, 0.25) is 0 Å². The largest absolute Gasteiger partial charge is 0.366 e. The fourth-order valence-electron chi connectivity index (χ4n) is 2.40. The molecule has 1 atom stereocenters. The Balaban J connectivity index is 1.58. The first-order valence-corrected chi connectivity index (χ1v) is 7.42. The van der Waals surface area contributed by atoms with Crippen molar-refractivity contribution < 1.29 is 9.53 Å². The zero-order chi connectivity index (χ0) is 15.2. The van der Waals surface area contributed by atoms with Gasteiger partial charge in [0.25, 0.3) is 5.91 Å². The number of rotatable bonds is 4. The highest BCUT2D eigenvalue weighted by Gasteiger charge is 2.21. The lowest BCUT2D eigenvalue weighted by Gasteiger charge is -2.22. The summed E-state index contributed by atoms with van der Waals surface area (Å²) in [6.07, 6.45) is 4.03. The van der Waals surface area contributed by atoms with Gasteiger partial charge in [-0.25, -0.2) is 0 Å². The lowest BCUT2D eigenvalue weighted by molar-refractivity contribution is -0.128. The molecule has 0 aliphatic carbocycles. The van der Waals surface area contributed by atoms with Crippen LogP contribution in [-0.2, 0) is 16.0 Å². The maximum Gasteiger partial charge on any atom is 0.254 e. The van der Waals surface area contributed by atoms with Gasteiger partial charge in [0.05, 0.1) is 6.61 Å². The Kier molecular flexibility index (Phi) is 4.78. The van der Waals surface area contributed by atoms with Gasteiger partial charge in [0, 0.05) is 31.2 Å². The van der Waals surface area contributed by atoms with Gasteiger partial charge in [-0.1, -0.05) is 12.1 Å². The number of nitrogens with zero attached hydrogens (tertiary/aromatic N) is 1. The van der Waals surface area contributed by atoms with E-state index in [0.717, 1.165) is 18.7 Å². The van der Waals surface area contributed by atoms with Crippen molar-refractivity contribution in [2.45, 2.75) is 12.5 Å². The molecule has 1 aliphatic rings. The molecule has 0 spiro atoms. The number of carbonyl (C=O) groups excluding carboxylic acids is 1. The van der Waals surface area contributed by atoms with E-state index in [1.165, 1.54) is 11.1 Å². The fourth-order valence-corrected chi connectivity index (χ4v) is 2.40. The summed E-state index contributed by atoms with van der Waals surface area (Å²) in [7, 11) is 0. The number of ether oxygens (including phenoxy) is 1. The number of amides is 1. The molecule has 2 heterocycles. The predicted octanol–water partition coefficient (Wildman–Crippen LogP) is 1.60. The molecule has 0 bridgehead atoms. The number of anilines is 1. The Morgan fingerprint density at radius 2 is 1.91 bits per heavy atom. The molecule has 1 aromatic carbocycles. The minimum absolute atomic E-state index is 0.103. The number of hydrogen-bond donors (Lipinski definition) is 2. The van der Waals surface area contributed by atoms with Crippen LogP contribution in [0.5, 0.6) is 0 Å². The molecule has 1 fully saturated rings. The average molecular weight is 297 g/mol. The molecule has 1 saturated heterocycles. The highest BCUT2D eigenvalue weighted by atomic mass is 16.5. The third kappa shape index (κ3) is 3.90. The van der Waals surface area contributed by atoms with Crippen molar-refractivity contribution in [2.75, 3.05) is 25.0 Å². The third-order valence-electron chi connectivity index (χ3n) is 3.60. The van der Waals surface area contributed by atoms with Crippen LogP contribution in [0, 0.1) is 0 Å². The Bertz CT molecular complexity index is 608. The second-order valence-electron chi connectivity index (χ2n) is 5.28. The zero-order valence-electron chi connectivity index (χ0n) is 12.3. The maximum absolute atomic E-state index is 12.1. The van der Waals surface area contributed by atoms with E-state index >= 15 is 0 Å². The molecule has 22 heavy (non-hydrogen) atoms. The molecule has 1 aromatic heterocycles. The van der Waals surface area contributed by atoms with Crippen LogP contribution in [-0.4, -0.2) is 36.7 Å². The summed E-state index contributed by atoms with van der Waals surface area (Å²) >= 11 is 0. The van der Waals surface area contributed by atoms with Gasteiger partial charge >= 0.3 is 0 Å². The highest BCUT2D eigenvalue weighted by molar-refractivity contribution is 5.94. The van der Waals surface area contributed by atoms with Crippen molar-refractivity contribution in [3.63, 3.8) is 0 Å². The summed E-state index contributed by atoms with van der Waals surface area (Å²) in [4.78, 5) is 16.1. The lowest BCUT2D eigenvalue weighted by atomic mass is 10.1. The summed E-state index contributed by atoms with van der Waals surface area (Å²) in [6.45, 7) is 1.93. The van der Waals surface area contributed by atoms with Crippen LogP contribution in [0.3, 0.4) is 0 Å². The Morgan fingerprint density at radius 1 is 1.18 bits per heavy atom. The SMILES string of the molecule is O=C(Nc1ccc(Cc2ccncc2)cc1)C1CNCCO1. The van der Waals surface area contributed by atoms with Crippen LogP contribution in [0.2, 0.25) is 0 Å². The Morgan fingerprint density at radius 3 is 2.59 bits per heavy atom. The first-order valence-electron chi connectivity index (χ1n) is 7.42. The smallest absolute Gasteiger partial charge is 0.254 e. The third-order valence-corrected chi connectivity index (χ3v) is 3.60. The lowest BCUT2D eigenvalue weighted by Crippen LogP contribution is -2.45. The van der Waals surface area contributed by atoms with Crippen LogP contribution in [0.1, 0.15) is 11.1 Å². The van der Waals surface area contributed by atoms with Crippen molar-refractivity contribution in [1.82, 2.24) is 10.3 Å². The highest BCUT2D eigenvalue weighted by Crippen LogP contribution is 2.14. The second kappa shape index (κ2) is 7.15. The summed E-state index contributed by atoms with van der Waals surface area (Å²) in [5, 5.41) is 6.04. The van der Waals surface area contributed by atoms with E-state index in [4.69, 9.17) is 4.74 Å². The van der Waals surface area contributed by atoms with Gasteiger partial charge in [-0.2, -0.15) is 0 Å². The molecule has 1 amide bonds. The number of hydrogen-bond acceptors (Lipinski definition) is 4. The number of morpholine rings is 1. The van der Waals surface area contributed by atoms with Crippen LogP contribution < -0.4 is 10.6 Å². The number of carbonyl (C=O) groups is 1. The van der Waals surface area contributed by atoms with E-state index in [9.17, 15) is 4.79 Å². The zero-order valence-corrected chi connectivity index (χ0v) is 12.3. The minimum atomic E-state index is -0.412. The Hall–Kier alpha value is -2.24. The molecule has 2 N–H and O–H groups in total. The minimum Gasteiger partial charge on any atom is -0.366 e. The van der Waals surface area contributed by atoms with E-state index in [-0.39, 0.29) is 5.91 Å². The molecule has 114 valence electrons. The van der Waals surface area contributed by atoms with E-state index in [2.05, 4.69) is 15.6 Å². The topological polar surface area (TPSA) is 63.2 Å². The molecule has 5 nitrogen and oxygen atoms in total. The van der Waals surface area contributed by atoms with E-state index in [1.807, 2.05) is 36.4 Å². The first kappa shape index (κ1) is 14.7. The Labute approximate surface area is 129 Å². The van der Waals surface area contributed by atoms with Crippen LogP contribution in [0.4, 0.5) is 5.69 Å². The van der Waals surface area contributed by atoms with Crippen molar-refractivity contribution >= 4 is 11.6 Å². The number of pyridine rings is 1. The van der Waals surface area contributed by atoms with Crippen LogP contribution in [0.25, 0.3) is 0 Å². The molecule has 1 aliphatic heterocycles. The predicted molar refractivity (Wildman–Crippen MR) is 84.7 cm³/mol. The van der Waals surface area contributed by atoms with E-state index < -0.39 is 6.10 Å². The maximum atomic E-state index is 12.1. The standard InChI is InChI=1S/C17H19N3O2/c21-17(16-12-19-9-10-22-16)20-15-3-1-13(2-4-15)11-14-5-7-18-8-6-14/h1-8,16,19H,9-12H2,(H,20,21). The molecular formula is C17H19N3O2. The fraction of sp³-hybridized carbons (Fsp3) is 0.294. The first-order chi connectivity index (χ1) is 10.8. The van der Waals surface area contributed by atoms with Gasteiger partial charge in [-0.05, 0) is 41.8 Å². The van der Waals surface area contributed by atoms with E-state index in [1.54, 1.807) is 12.4 Å². The van der Waals surface area contributed by atoms with Crippen molar-refractivity contribution in [2.24, 2.45) is 0 Å². The van der Waals surface area contributed by atoms with Gasteiger partial charge in [0.1, 0.15) is 6.10 Å². The van der Waals surface area contributed by atoms with Crippen molar-refractivity contribution in [1.29, 1.82) is 0 Å². The molecule has 1 unspecified atom stereocenters. The number of aromatic nitrogens is 1. The number of benzene rings is 1. The van der Waals surface area contributed by atoms with Gasteiger partial charge < -0.3 is 15.4 Å². The van der Waals surface area contributed by atoms with Gasteiger partial charge in [-0.3, -0.25) is 9.78 Å². The normalized spacial score (nSPS) is 17.9. The van der Waals surface area contributed by atoms with Crippen molar-refractivity contribution in [3.8, 4) is 0 Å². The molecule has 5 heteroatoms. The molecule has 0 saturated carbocycles. The summed E-state index contributed by atoms with van der Waals surface area (Å²) in [5.41, 5.74) is 3.20. The summed E-state index contributed by atoms with van der Waals surface area (Å²) < 4.78 is 5.43. The van der Waals surface area contributed by atoms with E-state index in [0.29, 0.717) is 13.2 Å². The summed E-state index contributed by atoms with van der Waals surface area (Å²) in [5.74, 6) is -0.103. The molecule has 3 rings (SSSR count). The van der Waals surface area contributed by atoms with Crippen LogP contribution in [0.15, 0.2) is 48.8 Å².